The fourth-order valence-corrected chi connectivity index (χ4v) is 3.17. The second-order valence-corrected chi connectivity index (χ2v) is 6.61. The van der Waals surface area contributed by atoms with E-state index in [2.05, 4.69) is 23.8 Å². The highest BCUT2D eigenvalue weighted by Crippen LogP contribution is 2.15. The third-order valence-corrected chi connectivity index (χ3v) is 4.45. The van der Waals surface area contributed by atoms with Gasteiger partial charge in [0.15, 0.2) is 0 Å². The molecule has 0 aromatic carbocycles. The predicted molar refractivity (Wildman–Crippen MR) is 98.7 cm³/mol. The van der Waals surface area contributed by atoms with Crippen molar-refractivity contribution in [2.45, 2.75) is 52.1 Å². The van der Waals surface area contributed by atoms with Crippen LogP contribution in [0.15, 0.2) is 18.6 Å². The summed E-state index contributed by atoms with van der Waals surface area (Å²) in [6.45, 7) is 7.25. The molecule has 0 bridgehead atoms. The Balaban J connectivity index is 2.00. The normalized spacial score (nSPS) is 16.5. The zero-order valence-electron chi connectivity index (χ0n) is 15.9. The Morgan fingerprint density at radius 3 is 2.50 bits per heavy atom. The van der Waals surface area contributed by atoms with Crippen LogP contribution >= 0.6 is 0 Å². The Hall–Kier alpha value is -2.02. The van der Waals surface area contributed by atoms with Gasteiger partial charge in [0, 0.05) is 51.6 Å². The van der Waals surface area contributed by atoms with Crippen molar-refractivity contribution < 1.29 is 14.3 Å². The van der Waals surface area contributed by atoms with Gasteiger partial charge in [-0.2, -0.15) is 0 Å². The number of nitrogens with zero attached hydrogens (tertiary/aromatic N) is 4. The fraction of sp³-hybridized carbons (Fsp3) is 0.684. The second kappa shape index (κ2) is 10.9. The average Bonchev–Trinajstić information content (AvgIpc) is 3.18. The lowest BCUT2D eigenvalue weighted by Gasteiger charge is -2.27. The lowest BCUT2D eigenvalue weighted by Crippen LogP contribution is -2.41. The molecule has 1 atom stereocenters. The number of ether oxygens (including phenoxy) is 1. The molecule has 7 nitrogen and oxygen atoms in total. The molecule has 1 aromatic heterocycles. The molecular weight excluding hydrogens is 332 g/mol. The van der Waals surface area contributed by atoms with E-state index in [9.17, 15) is 9.59 Å². The van der Waals surface area contributed by atoms with Gasteiger partial charge in [0.25, 0.3) is 5.91 Å². The van der Waals surface area contributed by atoms with E-state index in [-0.39, 0.29) is 17.9 Å². The van der Waals surface area contributed by atoms with Gasteiger partial charge in [0.1, 0.15) is 5.69 Å². The Kier molecular flexibility index (Phi) is 8.47. The van der Waals surface area contributed by atoms with Crippen molar-refractivity contribution in [3.8, 4) is 0 Å². The topological polar surface area (TPSA) is 75.6 Å². The number of hydrogen-bond donors (Lipinski definition) is 0. The third-order valence-electron chi connectivity index (χ3n) is 4.45. The fourth-order valence-electron chi connectivity index (χ4n) is 3.17. The first-order valence-electron chi connectivity index (χ1n) is 9.60. The molecule has 1 aliphatic rings. The van der Waals surface area contributed by atoms with Gasteiger partial charge in [-0.3, -0.25) is 14.6 Å². The lowest BCUT2D eigenvalue weighted by molar-refractivity contribution is -0.131. The zero-order valence-corrected chi connectivity index (χ0v) is 15.9. The lowest BCUT2D eigenvalue weighted by atomic mass is 10.2. The van der Waals surface area contributed by atoms with Crippen molar-refractivity contribution in [1.29, 1.82) is 0 Å². The molecule has 0 saturated carbocycles. The highest BCUT2D eigenvalue weighted by atomic mass is 16.5. The van der Waals surface area contributed by atoms with Crippen LogP contribution in [-0.4, -0.2) is 70.5 Å². The Labute approximate surface area is 155 Å². The van der Waals surface area contributed by atoms with Gasteiger partial charge in [-0.25, -0.2) is 4.98 Å². The summed E-state index contributed by atoms with van der Waals surface area (Å²) < 4.78 is 5.68. The van der Waals surface area contributed by atoms with Crippen molar-refractivity contribution in [2.24, 2.45) is 0 Å². The van der Waals surface area contributed by atoms with Crippen LogP contribution in [0, 0.1) is 0 Å². The van der Waals surface area contributed by atoms with Crippen LogP contribution in [0.2, 0.25) is 0 Å². The summed E-state index contributed by atoms with van der Waals surface area (Å²) in [4.78, 5) is 37.0. The summed E-state index contributed by atoms with van der Waals surface area (Å²) in [6.07, 6.45) is 8.69. The highest BCUT2D eigenvalue weighted by Gasteiger charge is 2.25. The molecule has 0 radical (unpaired) electrons. The molecule has 1 aliphatic heterocycles. The van der Waals surface area contributed by atoms with Crippen LogP contribution in [0.4, 0.5) is 0 Å². The first-order valence-corrected chi connectivity index (χ1v) is 9.60. The molecule has 2 rings (SSSR count). The monoisotopic (exact) mass is 362 g/mol. The molecule has 144 valence electrons. The predicted octanol–water partition coefficient (Wildman–Crippen LogP) is 2.14. The number of aromatic nitrogens is 2. The maximum absolute atomic E-state index is 12.8. The van der Waals surface area contributed by atoms with E-state index in [0.29, 0.717) is 25.2 Å². The van der Waals surface area contributed by atoms with Crippen molar-refractivity contribution >= 4 is 11.8 Å². The molecule has 26 heavy (non-hydrogen) atoms. The van der Waals surface area contributed by atoms with Gasteiger partial charge in [-0.05, 0) is 25.7 Å². The summed E-state index contributed by atoms with van der Waals surface area (Å²) in [5, 5.41) is 0. The largest absolute Gasteiger partial charge is 0.376 e. The van der Waals surface area contributed by atoms with Gasteiger partial charge in [0.2, 0.25) is 5.91 Å². The maximum Gasteiger partial charge on any atom is 0.274 e. The maximum atomic E-state index is 12.8. The molecule has 0 spiro atoms. The molecular formula is C19H30N4O3. The number of hydrogen-bond acceptors (Lipinski definition) is 5. The van der Waals surface area contributed by atoms with Gasteiger partial charge >= 0.3 is 0 Å². The molecule has 2 heterocycles. The molecule has 0 N–H and O–H groups in total. The van der Waals surface area contributed by atoms with Gasteiger partial charge < -0.3 is 14.5 Å². The minimum Gasteiger partial charge on any atom is -0.376 e. The van der Waals surface area contributed by atoms with Crippen molar-refractivity contribution in [3.05, 3.63) is 24.3 Å². The first kappa shape index (κ1) is 20.3. The van der Waals surface area contributed by atoms with Gasteiger partial charge in [0.05, 0.1) is 12.3 Å². The molecule has 0 aliphatic carbocycles. The highest BCUT2D eigenvalue weighted by molar-refractivity contribution is 5.92. The van der Waals surface area contributed by atoms with E-state index in [0.717, 1.165) is 45.4 Å². The van der Waals surface area contributed by atoms with Crippen molar-refractivity contribution in [2.75, 3.05) is 32.8 Å². The molecule has 1 unspecified atom stereocenters. The van der Waals surface area contributed by atoms with Crippen LogP contribution in [0.3, 0.4) is 0 Å². The summed E-state index contributed by atoms with van der Waals surface area (Å²) in [7, 11) is 0. The van der Waals surface area contributed by atoms with Crippen LogP contribution in [0.1, 0.15) is 56.4 Å². The van der Waals surface area contributed by atoms with Crippen LogP contribution in [0.25, 0.3) is 0 Å². The summed E-state index contributed by atoms with van der Waals surface area (Å²) in [5.74, 6) is -0.100. The van der Waals surface area contributed by atoms with Gasteiger partial charge in [-0.15, -0.1) is 0 Å². The van der Waals surface area contributed by atoms with E-state index in [1.54, 1.807) is 4.90 Å². The summed E-state index contributed by atoms with van der Waals surface area (Å²) in [5.41, 5.74) is 0.303. The zero-order chi connectivity index (χ0) is 18.8. The standard InChI is InChI=1S/C19H30N4O3/c1-3-10-22(11-4-2)18(24)7-12-23(15-16-6-5-13-26-16)19(25)17-14-20-8-9-21-17/h8-9,14,16H,3-7,10-13,15H2,1-2H3. The Bertz CT molecular complexity index is 555. The minimum atomic E-state index is -0.195. The smallest absolute Gasteiger partial charge is 0.274 e. The molecule has 7 heteroatoms. The van der Waals surface area contributed by atoms with E-state index >= 15 is 0 Å². The molecule has 2 amide bonds. The Morgan fingerprint density at radius 2 is 1.92 bits per heavy atom. The number of rotatable bonds is 10. The SMILES string of the molecule is CCCN(CCC)C(=O)CCN(CC1CCCO1)C(=O)c1cnccn1. The van der Waals surface area contributed by atoms with E-state index in [4.69, 9.17) is 4.74 Å². The van der Waals surface area contributed by atoms with Crippen molar-refractivity contribution in [1.82, 2.24) is 19.8 Å². The van der Waals surface area contributed by atoms with E-state index in [1.807, 2.05) is 4.90 Å². The van der Waals surface area contributed by atoms with E-state index < -0.39 is 0 Å². The quantitative estimate of drug-likeness (QED) is 0.637. The third kappa shape index (κ3) is 6.05. The molecule has 1 aromatic rings. The minimum absolute atomic E-state index is 0.0353. The van der Waals surface area contributed by atoms with Crippen LogP contribution in [0.5, 0.6) is 0 Å². The molecule has 1 saturated heterocycles. The van der Waals surface area contributed by atoms with Gasteiger partial charge in [-0.1, -0.05) is 13.8 Å². The second-order valence-electron chi connectivity index (χ2n) is 6.61. The summed E-state index contributed by atoms with van der Waals surface area (Å²) >= 11 is 0. The summed E-state index contributed by atoms with van der Waals surface area (Å²) in [6, 6.07) is 0. The Morgan fingerprint density at radius 1 is 1.15 bits per heavy atom. The van der Waals surface area contributed by atoms with E-state index in [1.165, 1.54) is 18.6 Å². The van der Waals surface area contributed by atoms with Crippen molar-refractivity contribution in [3.63, 3.8) is 0 Å². The number of carbonyl (C=O) groups excluding carboxylic acids is 2. The van der Waals surface area contributed by atoms with Crippen LogP contribution in [-0.2, 0) is 9.53 Å². The number of carbonyl (C=O) groups is 2. The number of amides is 2. The van der Waals surface area contributed by atoms with Crippen LogP contribution < -0.4 is 0 Å². The molecule has 1 fully saturated rings. The first-order chi connectivity index (χ1) is 12.7. The average molecular weight is 362 g/mol.